The van der Waals surface area contributed by atoms with E-state index in [1.807, 2.05) is 42.8 Å². The van der Waals surface area contributed by atoms with Gasteiger partial charge in [-0.3, -0.25) is 0 Å². The maximum Gasteiger partial charge on any atom is 0.348 e. The van der Waals surface area contributed by atoms with Gasteiger partial charge in [-0.1, -0.05) is 0 Å². The second-order valence-corrected chi connectivity index (χ2v) is 7.96. The number of imidazole rings is 1. The Balaban J connectivity index is 1.70. The number of fused-ring (bicyclic) bond motifs is 2. The lowest BCUT2D eigenvalue weighted by molar-refractivity contribution is 0.0605. The summed E-state index contributed by atoms with van der Waals surface area (Å²) in [6.45, 7) is 4.23. The fraction of sp³-hybridized carbons (Fsp3) is 0.222. The van der Waals surface area contributed by atoms with Gasteiger partial charge < -0.3 is 14.5 Å². The largest absolute Gasteiger partial charge is 0.465 e. The molecule has 0 saturated heterocycles. The monoisotopic (exact) mass is 445 g/mol. The molecule has 0 aliphatic carbocycles. The summed E-state index contributed by atoms with van der Waals surface area (Å²) < 4.78 is 7.83. The number of anilines is 1. The van der Waals surface area contributed by atoms with E-state index in [2.05, 4.69) is 36.2 Å². The van der Waals surface area contributed by atoms with Crippen LogP contribution in [0, 0.1) is 13.8 Å². The Hall–Kier alpha value is -2.52. The van der Waals surface area contributed by atoms with E-state index in [0.717, 1.165) is 31.6 Å². The van der Waals surface area contributed by atoms with Crippen molar-refractivity contribution in [1.29, 1.82) is 0 Å². The van der Waals surface area contributed by atoms with Gasteiger partial charge in [-0.25, -0.2) is 19.7 Å². The van der Waals surface area contributed by atoms with Crippen LogP contribution in [0.5, 0.6) is 0 Å². The Labute approximate surface area is 167 Å². The number of carbonyl (C=O) groups is 1. The molecule has 0 fully saturated rings. The summed E-state index contributed by atoms with van der Waals surface area (Å²) >= 11 is 4.78. The maximum atomic E-state index is 12.0. The molecule has 27 heavy (non-hydrogen) atoms. The molecule has 7 nitrogen and oxygen atoms in total. The number of methoxy groups -OCH3 is 1. The molecule has 0 spiro atoms. The molecule has 4 heterocycles. The molecule has 9 heteroatoms. The summed E-state index contributed by atoms with van der Waals surface area (Å²) in [5, 5.41) is 4.19. The van der Waals surface area contributed by atoms with E-state index in [4.69, 9.17) is 4.74 Å². The number of hydrogen-bond donors (Lipinski definition) is 1. The molecule has 138 valence electrons. The van der Waals surface area contributed by atoms with Crippen molar-refractivity contribution in [3.05, 3.63) is 51.0 Å². The van der Waals surface area contributed by atoms with Crippen molar-refractivity contribution in [2.75, 3.05) is 12.4 Å². The molecule has 0 aliphatic heterocycles. The Kier molecular flexibility index (Phi) is 4.56. The minimum absolute atomic E-state index is 0.356. The molecule has 4 rings (SSSR count). The third-order valence-corrected chi connectivity index (χ3v) is 5.81. The molecule has 4 aromatic heterocycles. The molecule has 0 aliphatic rings. The molecule has 4 aromatic rings. The lowest BCUT2D eigenvalue weighted by atomic mass is 10.2. The number of nitrogens with one attached hydrogen (secondary N) is 1. The number of aromatic nitrogens is 4. The quantitative estimate of drug-likeness (QED) is 0.475. The zero-order valence-corrected chi connectivity index (χ0v) is 17.3. The molecule has 0 aromatic carbocycles. The fourth-order valence-corrected chi connectivity index (χ4v) is 4.44. The third-order valence-electron chi connectivity index (χ3n) is 4.17. The van der Waals surface area contributed by atoms with E-state index in [0.29, 0.717) is 23.1 Å². The lowest BCUT2D eigenvalue weighted by Gasteiger charge is -2.07. The predicted octanol–water partition coefficient (Wildman–Crippen LogP) is 4.12. The Morgan fingerprint density at radius 3 is 2.85 bits per heavy atom. The first-order chi connectivity index (χ1) is 13.0. The molecule has 0 saturated carbocycles. The highest BCUT2D eigenvalue weighted by Crippen LogP contribution is 2.34. The van der Waals surface area contributed by atoms with Gasteiger partial charge in [-0.2, -0.15) is 0 Å². The molecule has 0 atom stereocenters. The minimum atomic E-state index is -0.356. The van der Waals surface area contributed by atoms with Gasteiger partial charge in [0.1, 0.15) is 27.0 Å². The molecule has 0 unspecified atom stereocenters. The topological polar surface area (TPSA) is 81.4 Å². The van der Waals surface area contributed by atoms with E-state index in [-0.39, 0.29) is 5.97 Å². The average Bonchev–Trinajstić information content (AvgIpc) is 3.19. The summed E-state index contributed by atoms with van der Waals surface area (Å²) in [6.07, 6.45) is 3.93. The van der Waals surface area contributed by atoms with Crippen LogP contribution in [-0.2, 0) is 11.3 Å². The van der Waals surface area contributed by atoms with E-state index in [1.165, 1.54) is 18.4 Å². The lowest BCUT2D eigenvalue weighted by Crippen LogP contribution is -2.04. The van der Waals surface area contributed by atoms with Crippen LogP contribution >= 0.6 is 27.3 Å². The summed E-state index contributed by atoms with van der Waals surface area (Å²) in [5.41, 5.74) is 2.58. The number of carbonyl (C=O) groups excluding carboxylic acids is 1. The summed E-state index contributed by atoms with van der Waals surface area (Å²) in [6, 6.07) is 3.91. The fourth-order valence-electron chi connectivity index (χ4n) is 2.94. The van der Waals surface area contributed by atoms with E-state index >= 15 is 0 Å². The predicted molar refractivity (Wildman–Crippen MR) is 108 cm³/mol. The van der Waals surface area contributed by atoms with Crippen LogP contribution in [0.2, 0.25) is 0 Å². The van der Waals surface area contributed by atoms with Crippen LogP contribution in [0.1, 0.15) is 26.8 Å². The van der Waals surface area contributed by atoms with Crippen molar-refractivity contribution in [2.24, 2.45) is 0 Å². The zero-order valence-electron chi connectivity index (χ0n) is 14.9. The van der Waals surface area contributed by atoms with Gasteiger partial charge in [-0.05, 0) is 47.5 Å². The van der Waals surface area contributed by atoms with Crippen molar-refractivity contribution >= 4 is 54.9 Å². The second kappa shape index (κ2) is 6.90. The number of pyridine rings is 1. The molecule has 0 amide bonds. The average molecular weight is 446 g/mol. The number of thiophene rings is 1. The van der Waals surface area contributed by atoms with Gasteiger partial charge in [0.2, 0.25) is 0 Å². The van der Waals surface area contributed by atoms with Gasteiger partial charge >= 0.3 is 5.97 Å². The van der Waals surface area contributed by atoms with Gasteiger partial charge in [0.15, 0.2) is 0 Å². The Morgan fingerprint density at radius 1 is 1.26 bits per heavy atom. The summed E-state index contributed by atoms with van der Waals surface area (Å²) in [5.74, 6) is 0.978. The molecular formula is C18H16BrN5O2S. The Morgan fingerprint density at radius 2 is 2.07 bits per heavy atom. The van der Waals surface area contributed by atoms with Crippen LogP contribution in [0.4, 0.5) is 5.82 Å². The first-order valence-electron chi connectivity index (χ1n) is 8.19. The van der Waals surface area contributed by atoms with Crippen LogP contribution in [0.15, 0.2) is 29.0 Å². The number of ether oxygens (including phenoxy) is 1. The summed E-state index contributed by atoms with van der Waals surface area (Å²) in [4.78, 5) is 26.9. The Bertz CT molecular complexity index is 1180. The normalized spacial score (nSPS) is 11.3. The highest BCUT2D eigenvalue weighted by Gasteiger charge is 2.20. The highest BCUT2D eigenvalue weighted by molar-refractivity contribution is 9.10. The van der Waals surface area contributed by atoms with Crippen molar-refractivity contribution in [3.8, 4) is 0 Å². The van der Waals surface area contributed by atoms with Crippen molar-refractivity contribution in [3.63, 3.8) is 0 Å². The first kappa shape index (κ1) is 17.9. The van der Waals surface area contributed by atoms with Crippen molar-refractivity contribution in [2.45, 2.75) is 20.4 Å². The third kappa shape index (κ3) is 3.28. The van der Waals surface area contributed by atoms with Gasteiger partial charge in [0, 0.05) is 16.9 Å². The molecule has 0 bridgehead atoms. The van der Waals surface area contributed by atoms with Crippen LogP contribution in [0.25, 0.3) is 15.9 Å². The SMILES string of the molecule is COC(=O)c1sc2nc(C)nc(NCc3cn4cc(Br)ccc4n3)c2c1C. The van der Waals surface area contributed by atoms with Gasteiger partial charge in [0.05, 0.1) is 24.7 Å². The number of esters is 1. The van der Waals surface area contributed by atoms with Crippen molar-refractivity contribution < 1.29 is 9.53 Å². The standard InChI is InChI=1S/C18H16BrN5O2S/c1-9-14-16(21-10(2)22-17(14)27-15(9)18(25)26-3)20-6-12-8-24-7-11(19)4-5-13(24)23-12/h4-5,7-8H,6H2,1-3H3,(H,20,21,22). The van der Waals surface area contributed by atoms with E-state index in [1.54, 1.807) is 0 Å². The number of nitrogens with zero attached hydrogens (tertiary/aromatic N) is 4. The zero-order chi connectivity index (χ0) is 19.1. The highest BCUT2D eigenvalue weighted by atomic mass is 79.9. The maximum absolute atomic E-state index is 12.0. The van der Waals surface area contributed by atoms with Crippen molar-refractivity contribution in [1.82, 2.24) is 19.4 Å². The second-order valence-electron chi connectivity index (χ2n) is 6.05. The molecule has 0 radical (unpaired) electrons. The molecular weight excluding hydrogens is 430 g/mol. The van der Waals surface area contributed by atoms with Gasteiger partial charge in [-0.15, -0.1) is 11.3 Å². The van der Waals surface area contributed by atoms with E-state index < -0.39 is 0 Å². The first-order valence-corrected chi connectivity index (χ1v) is 9.80. The van der Waals surface area contributed by atoms with Crippen LogP contribution in [0.3, 0.4) is 0 Å². The van der Waals surface area contributed by atoms with Crippen LogP contribution in [-0.4, -0.2) is 32.4 Å². The number of aryl methyl sites for hydroxylation is 2. The minimum Gasteiger partial charge on any atom is -0.465 e. The van der Waals surface area contributed by atoms with Crippen LogP contribution < -0.4 is 5.32 Å². The number of hydrogen-bond acceptors (Lipinski definition) is 7. The number of halogens is 1. The smallest absolute Gasteiger partial charge is 0.348 e. The van der Waals surface area contributed by atoms with E-state index in [9.17, 15) is 4.79 Å². The van der Waals surface area contributed by atoms with Gasteiger partial charge in [0.25, 0.3) is 0 Å². The number of rotatable bonds is 4. The molecule has 1 N–H and O–H groups in total. The summed E-state index contributed by atoms with van der Waals surface area (Å²) in [7, 11) is 1.38.